The lowest BCUT2D eigenvalue weighted by atomic mass is 9.41. The molecule has 7 aliphatic rings. The van der Waals surface area contributed by atoms with Crippen LogP contribution in [0.1, 0.15) is 133 Å². The molecule has 60 heavy (non-hydrogen) atoms. The molecule has 12 heteroatoms. The first-order valence-corrected chi connectivity index (χ1v) is 26.3. The lowest BCUT2D eigenvalue weighted by Gasteiger charge is -2.64. The highest BCUT2D eigenvalue weighted by atomic mass is 35.5. The predicted molar refractivity (Wildman–Crippen MR) is 236 cm³/mol. The van der Waals surface area contributed by atoms with Gasteiger partial charge in [0.25, 0.3) is 5.69 Å². The van der Waals surface area contributed by atoms with E-state index >= 15 is 0 Å². The highest BCUT2D eigenvalue weighted by Crippen LogP contribution is 2.89. The third-order valence-electron chi connectivity index (χ3n) is 18.6. The molecule has 0 amide bonds. The second kappa shape index (κ2) is 16.9. The predicted octanol–water partition coefficient (Wildman–Crippen LogP) is 12.0. The highest BCUT2D eigenvalue weighted by Gasteiger charge is 2.85. The van der Waals surface area contributed by atoms with E-state index in [4.69, 9.17) is 30.2 Å². The normalized spacial score (nSPS) is 41.8. The standard InChI is InChI=1S/C41H70O5Si.C7H4ClNO4/c1-11-47(12-2,13-3)46-36-35-33(27(6)24-28(44-35)34(42)26(4)5)38(9)21-22-41-25-40(41)20-19-31(45-32-16-14-15-23-43-32)37(7,8)29(40)17-18-30(41)39(36,38)10;8-7(10)13-6-3-1-5(2-4-6)9(11)12/h27-36,42H,4,11-25H2,1-3,5-10H3;1-4H/t27-,28-,29+,30+,31+,32+,33+,34-,35+,36+,38-,39-,40-,41?;/m1./s1. The lowest BCUT2D eigenvalue weighted by molar-refractivity contribution is -0.384. The summed E-state index contributed by atoms with van der Waals surface area (Å²) in [6.45, 7) is 27.0. The SMILES string of the molecule is C=C(C)[C@@H](O)[C@H]1C[C@@H](C)[C@H]2[C@H](O1)[C@H](O[Si](CC)(CC)CC)[C@@]1(C)[C@@H]3CC[C@H]4C(C)(C)[C@@H](O[C@H]5CCCCO5)CC[C@@]45CC35CC[C@]21C.O=C(Cl)Oc1ccc([N+](=O)[O-])cc1. The average molecular weight is 873 g/mol. The fraction of sp³-hybridized carbons (Fsp3) is 0.812. The van der Waals surface area contributed by atoms with E-state index < -0.39 is 24.8 Å². The van der Waals surface area contributed by atoms with Gasteiger partial charge < -0.3 is 28.5 Å². The summed E-state index contributed by atoms with van der Waals surface area (Å²) in [7, 11) is -1.95. The Balaban J connectivity index is 0.000000359. The van der Waals surface area contributed by atoms with Crippen molar-refractivity contribution in [2.45, 2.75) is 188 Å². The Labute approximate surface area is 365 Å². The maximum absolute atomic E-state index is 11.3. The van der Waals surface area contributed by atoms with Crippen molar-refractivity contribution in [3.8, 4) is 5.75 Å². The second-order valence-corrected chi connectivity index (χ2v) is 26.2. The van der Waals surface area contributed by atoms with E-state index in [-0.39, 0.29) is 52.3 Å². The molecule has 2 spiro atoms. The minimum atomic E-state index is -1.95. The molecule has 2 heterocycles. The number of benzene rings is 1. The number of carbonyl (C=O) groups is 1. The number of halogens is 1. The van der Waals surface area contributed by atoms with Crippen molar-refractivity contribution >= 4 is 31.0 Å². The van der Waals surface area contributed by atoms with Gasteiger partial charge in [0.05, 0.1) is 29.3 Å². The molecular weight excluding hydrogens is 798 g/mol. The molecule has 1 N–H and O–H groups in total. The van der Waals surface area contributed by atoms with Gasteiger partial charge in [-0.05, 0) is 159 Å². The summed E-state index contributed by atoms with van der Waals surface area (Å²) in [5.74, 6) is 2.49. The van der Waals surface area contributed by atoms with Crippen molar-refractivity contribution in [3.63, 3.8) is 0 Å². The Morgan fingerprint density at radius 2 is 1.65 bits per heavy atom. The number of hydrogen-bond acceptors (Lipinski definition) is 9. The molecule has 14 atom stereocenters. The van der Waals surface area contributed by atoms with Gasteiger partial charge in [0.15, 0.2) is 14.6 Å². The number of nitrogens with zero attached hydrogens (tertiary/aromatic N) is 1. The van der Waals surface area contributed by atoms with Gasteiger partial charge in [-0.1, -0.05) is 62.0 Å². The number of nitro benzene ring substituents is 1. The summed E-state index contributed by atoms with van der Waals surface area (Å²) in [5, 5.41) is 21.5. The Morgan fingerprint density at radius 1 is 1.00 bits per heavy atom. The quantitative estimate of drug-likeness (QED) is 0.0577. The van der Waals surface area contributed by atoms with E-state index in [1.54, 1.807) is 0 Å². The molecule has 2 aliphatic heterocycles. The van der Waals surface area contributed by atoms with Gasteiger partial charge in [-0.3, -0.25) is 10.1 Å². The van der Waals surface area contributed by atoms with Gasteiger partial charge >= 0.3 is 5.43 Å². The Bertz CT molecular complexity index is 1740. The molecule has 1 aromatic rings. The Hall–Kier alpha value is -1.86. The zero-order valence-electron chi connectivity index (χ0n) is 37.9. The summed E-state index contributed by atoms with van der Waals surface area (Å²) in [5.41, 5.74) is 0.997. The summed E-state index contributed by atoms with van der Waals surface area (Å²) in [6.07, 6.45) is 13.2. The first kappa shape index (κ1) is 46.1. The van der Waals surface area contributed by atoms with Crippen LogP contribution in [0.15, 0.2) is 36.4 Å². The van der Waals surface area contributed by atoms with Crippen molar-refractivity contribution in [1.82, 2.24) is 0 Å². The number of aliphatic hydroxyl groups excluding tert-OH is 1. The number of hydrogen-bond donors (Lipinski definition) is 1. The minimum Gasteiger partial charge on any atom is -0.414 e. The summed E-state index contributed by atoms with van der Waals surface area (Å²) < 4.78 is 32.5. The number of carbonyl (C=O) groups excluding carboxylic acids is 1. The van der Waals surface area contributed by atoms with E-state index in [1.807, 2.05) is 6.92 Å². The molecule has 0 radical (unpaired) electrons. The van der Waals surface area contributed by atoms with Crippen molar-refractivity contribution in [2.75, 3.05) is 6.61 Å². The second-order valence-electron chi connectivity index (χ2n) is 21.2. The molecule has 5 saturated carbocycles. The van der Waals surface area contributed by atoms with Gasteiger partial charge in [0, 0.05) is 35.8 Å². The molecule has 8 rings (SSSR count). The highest BCUT2D eigenvalue weighted by molar-refractivity contribution is 6.73. The molecule has 0 bridgehead atoms. The van der Waals surface area contributed by atoms with Gasteiger partial charge in [-0.25, -0.2) is 4.79 Å². The van der Waals surface area contributed by atoms with Crippen LogP contribution in [-0.2, 0) is 18.6 Å². The van der Waals surface area contributed by atoms with Gasteiger partial charge in [-0.2, -0.15) is 0 Å². The number of rotatable bonds is 11. The van der Waals surface area contributed by atoms with Gasteiger partial charge in [0.2, 0.25) is 0 Å². The molecule has 10 nitrogen and oxygen atoms in total. The Morgan fingerprint density at radius 3 is 2.23 bits per heavy atom. The minimum absolute atomic E-state index is 0.00467. The van der Waals surface area contributed by atoms with Crippen molar-refractivity contribution in [1.29, 1.82) is 0 Å². The van der Waals surface area contributed by atoms with Crippen LogP contribution in [0.4, 0.5) is 10.5 Å². The smallest absolute Gasteiger partial charge is 0.409 e. The monoisotopic (exact) mass is 871 g/mol. The number of aliphatic hydroxyl groups is 1. The molecule has 1 aromatic carbocycles. The maximum atomic E-state index is 11.3. The third kappa shape index (κ3) is 7.37. The fourth-order valence-electron chi connectivity index (χ4n) is 15.2. The fourth-order valence-corrected chi connectivity index (χ4v) is 18.2. The van der Waals surface area contributed by atoms with Crippen LogP contribution >= 0.6 is 11.6 Å². The van der Waals surface area contributed by atoms with Crippen LogP contribution in [0.25, 0.3) is 0 Å². The van der Waals surface area contributed by atoms with Crippen LogP contribution in [0.3, 0.4) is 0 Å². The molecule has 0 aromatic heterocycles. The third-order valence-corrected chi connectivity index (χ3v) is 23.3. The molecule has 1 unspecified atom stereocenters. The molecule has 336 valence electrons. The van der Waals surface area contributed by atoms with Crippen LogP contribution in [0.5, 0.6) is 5.75 Å². The zero-order chi connectivity index (χ0) is 43.6. The molecular formula is C48H74ClNO9Si. The zero-order valence-corrected chi connectivity index (χ0v) is 39.7. The van der Waals surface area contributed by atoms with Crippen LogP contribution in [0, 0.1) is 60.9 Å². The largest absolute Gasteiger partial charge is 0.414 e. The topological polar surface area (TPSA) is 127 Å². The lowest BCUT2D eigenvalue weighted by Crippen LogP contribution is -2.61. The number of non-ortho nitro benzene ring substituents is 1. The van der Waals surface area contributed by atoms with Crippen LogP contribution in [0.2, 0.25) is 18.1 Å². The van der Waals surface area contributed by atoms with E-state index in [2.05, 4.69) is 66.7 Å². The first-order chi connectivity index (χ1) is 28.3. The van der Waals surface area contributed by atoms with E-state index in [9.17, 15) is 20.0 Å². The van der Waals surface area contributed by atoms with E-state index in [1.165, 1.54) is 82.1 Å². The molecule has 7 fully saturated rings. The van der Waals surface area contributed by atoms with Gasteiger partial charge in [-0.15, -0.1) is 0 Å². The van der Waals surface area contributed by atoms with Gasteiger partial charge in [0.1, 0.15) is 11.9 Å². The number of ether oxygens (including phenoxy) is 4. The summed E-state index contributed by atoms with van der Waals surface area (Å²) in [4.78, 5) is 19.9. The van der Waals surface area contributed by atoms with E-state index in [0.717, 1.165) is 43.2 Å². The van der Waals surface area contributed by atoms with Crippen molar-refractivity contribution in [2.24, 2.45) is 50.7 Å². The van der Waals surface area contributed by atoms with E-state index in [0.29, 0.717) is 40.6 Å². The average Bonchev–Trinajstić information content (AvgIpc) is 3.84. The van der Waals surface area contributed by atoms with Crippen molar-refractivity contribution < 1.29 is 38.2 Å². The Kier molecular flexibility index (Phi) is 13.0. The van der Waals surface area contributed by atoms with Crippen LogP contribution in [-0.4, -0.2) is 67.2 Å². The van der Waals surface area contributed by atoms with Crippen LogP contribution < -0.4 is 4.74 Å². The first-order valence-electron chi connectivity index (χ1n) is 23.3. The number of nitro groups is 1. The molecule has 5 aliphatic carbocycles. The molecule has 2 saturated heterocycles. The van der Waals surface area contributed by atoms with Crippen molar-refractivity contribution in [3.05, 3.63) is 46.5 Å². The summed E-state index contributed by atoms with van der Waals surface area (Å²) in [6, 6.07) is 8.50. The maximum Gasteiger partial charge on any atom is 0.409 e. The summed E-state index contributed by atoms with van der Waals surface area (Å²) >= 11 is 4.92. The number of fused-ring (bicyclic) bond motifs is 4.